The first kappa shape index (κ1) is 14.0. The van der Waals surface area contributed by atoms with Crippen molar-refractivity contribution >= 4 is 11.6 Å². The van der Waals surface area contributed by atoms with Crippen molar-refractivity contribution in [2.24, 2.45) is 5.73 Å². The molecule has 0 atom stereocenters. The summed E-state index contributed by atoms with van der Waals surface area (Å²) in [7, 11) is 0. The summed E-state index contributed by atoms with van der Waals surface area (Å²) in [4.78, 5) is 0. The zero-order valence-electron chi connectivity index (χ0n) is 12.0. The van der Waals surface area contributed by atoms with Gasteiger partial charge in [-0.2, -0.15) is 0 Å². The second kappa shape index (κ2) is 5.45. The Kier molecular flexibility index (Phi) is 3.83. The maximum absolute atomic E-state index is 6.43. The second-order valence-electron chi connectivity index (χ2n) is 5.78. The normalized spacial score (nSPS) is 20.1. The minimum Gasteiger partial charge on any atom is -0.486 e. The Morgan fingerprint density at radius 3 is 2.45 bits per heavy atom. The van der Waals surface area contributed by atoms with E-state index in [1.54, 1.807) is 0 Å². The number of hydrogen-bond donors (Lipinski definition) is 1. The highest BCUT2D eigenvalue weighted by molar-refractivity contribution is 6.32. The van der Waals surface area contributed by atoms with E-state index in [4.69, 9.17) is 26.8 Å². The molecule has 20 heavy (non-hydrogen) atoms. The monoisotopic (exact) mass is 295 g/mol. The average molecular weight is 296 g/mol. The highest BCUT2D eigenvalue weighted by Gasteiger charge is 2.38. The van der Waals surface area contributed by atoms with E-state index in [9.17, 15) is 0 Å². The van der Waals surface area contributed by atoms with E-state index >= 15 is 0 Å². The van der Waals surface area contributed by atoms with Crippen LogP contribution in [0.2, 0.25) is 5.02 Å². The molecule has 3 rings (SSSR count). The molecule has 0 aromatic heterocycles. The number of ether oxygens (including phenoxy) is 2. The molecule has 0 amide bonds. The molecule has 3 nitrogen and oxygen atoms in total. The molecular weight excluding hydrogens is 274 g/mol. The minimum absolute atomic E-state index is 0.0742. The van der Waals surface area contributed by atoms with Gasteiger partial charge < -0.3 is 15.2 Å². The largest absolute Gasteiger partial charge is 0.486 e. The average Bonchev–Trinajstić information content (AvgIpc) is 2.97. The van der Waals surface area contributed by atoms with Crippen LogP contribution < -0.4 is 15.2 Å². The van der Waals surface area contributed by atoms with Crippen LogP contribution in [-0.2, 0) is 11.8 Å². The van der Waals surface area contributed by atoms with Gasteiger partial charge in [0.25, 0.3) is 0 Å². The van der Waals surface area contributed by atoms with Gasteiger partial charge in [-0.1, -0.05) is 31.4 Å². The third-order valence-corrected chi connectivity index (χ3v) is 5.03. The number of hydrogen-bond acceptors (Lipinski definition) is 3. The molecular formula is C16H22ClNO2. The van der Waals surface area contributed by atoms with Crippen LogP contribution >= 0.6 is 11.6 Å². The van der Waals surface area contributed by atoms with Gasteiger partial charge in [0, 0.05) is 17.5 Å². The molecule has 2 N–H and O–H groups in total. The first-order valence-corrected chi connectivity index (χ1v) is 7.91. The Morgan fingerprint density at radius 2 is 1.85 bits per heavy atom. The minimum atomic E-state index is 0.0742. The van der Waals surface area contributed by atoms with Crippen molar-refractivity contribution in [3.8, 4) is 11.5 Å². The van der Waals surface area contributed by atoms with Crippen molar-refractivity contribution in [1.29, 1.82) is 0 Å². The molecule has 0 unspecified atom stereocenters. The van der Waals surface area contributed by atoms with Crippen LogP contribution in [0, 0.1) is 0 Å². The fourth-order valence-corrected chi connectivity index (χ4v) is 3.93. The topological polar surface area (TPSA) is 44.5 Å². The Hall–Kier alpha value is -0.930. The Labute approximate surface area is 125 Å². The van der Waals surface area contributed by atoms with E-state index in [2.05, 4.69) is 13.0 Å². The van der Waals surface area contributed by atoms with Gasteiger partial charge >= 0.3 is 0 Å². The summed E-state index contributed by atoms with van der Waals surface area (Å²) in [6.07, 6.45) is 5.69. The van der Waals surface area contributed by atoms with Crippen LogP contribution in [-0.4, -0.2) is 19.8 Å². The van der Waals surface area contributed by atoms with Gasteiger partial charge in [-0.05, 0) is 30.9 Å². The van der Waals surface area contributed by atoms with E-state index in [1.807, 2.05) is 0 Å². The first-order chi connectivity index (χ1) is 9.72. The highest BCUT2D eigenvalue weighted by Crippen LogP contribution is 2.49. The summed E-state index contributed by atoms with van der Waals surface area (Å²) in [5.74, 6) is 1.56. The first-order valence-electron chi connectivity index (χ1n) is 7.53. The number of rotatable bonds is 3. The number of nitrogens with two attached hydrogens (primary N) is 1. The fourth-order valence-electron chi connectivity index (χ4n) is 3.68. The van der Waals surface area contributed by atoms with Gasteiger partial charge in [-0.3, -0.25) is 0 Å². The van der Waals surface area contributed by atoms with Crippen molar-refractivity contribution in [2.75, 3.05) is 19.8 Å². The predicted molar refractivity (Wildman–Crippen MR) is 81.0 cm³/mol. The van der Waals surface area contributed by atoms with Gasteiger partial charge in [-0.25, -0.2) is 0 Å². The van der Waals surface area contributed by atoms with Gasteiger partial charge in [-0.15, -0.1) is 0 Å². The van der Waals surface area contributed by atoms with E-state index in [0.717, 1.165) is 25.0 Å². The summed E-state index contributed by atoms with van der Waals surface area (Å²) in [6, 6.07) is 2.08. The maximum Gasteiger partial charge on any atom is 0.180 e. The molecule has 4 heteroatoms. The van der Waals surface area contributed by atoms with Crippen LogP contribution in [0.15, 0.2) is 6.07 Å². The molecule has 110 valence electrons. The summed E-state index contributed by atoms with van der Waals surface area (Å²) in [5, 5.41) is 0.659. The van der Waals surface area contributed by atoms with Crippen LogP contribution in [0.3, 0.4) is 0 Å². The molecule has 1 aromatic rings. The molecule has 0 saturated heterocycles. The van der Waals surface area contributed by atoms with Gasteiger partial charge in [0.2, 0.25) is 0 Å². The van der Waals surface area contributed by atoms with Crippen LogP contribution in [0.4, 0.5) is 0 Å². The van der Waals surface area contributed by atoms with Gasteiger partial charge in [0.1, 0.15) is 13.2 Å². The lowest BCUT2D eigenvalue weighted by Gasteiger charge is -2.33. The Bertz CT molecular complexity index is 510. The van der Waals surface area contributed by atoms with Crippen molar-refractivity contribution in [1.82, 2.24) is 0 Å². The smallest absolute Gasteiger partial charge is 0.180 e. The van der Waals surface area contributed by atoms with Crippen molar-refractivity contribution in [3.05, 3.63) is 22.2 Å². The number of fused-ring (bicyclic) bond motifs is 1. The van der Waals surface area contributed by atoms with Crippen molar-refractivity contribution < 1.29 is 9.47 Å². The molecule has 0 bridgehead atoms. The molecule has 1 aromatic carbocycles. The number of halogens is 1. The van der Waals surface area contributed by atoms with Gasteiger partial charge in [0.15, 0.2) is 11.5 Å². The molecule has 1 heterocycles. The molecule has 0 radical (unpaired) electrons. The zero-order chi connectivity index (χ0) is 14.2. The molecule has 1 fully saturated rings. The predicted octanol–water partition coefficient (Wildman–Crippen LogP) is 3.44. The molecule has 1 saturated carbocycles. The van der Waals surface area contributed by atoms with E-state index in [0.29, 0.717) is 30.5 Å². The Balaban J connectivity index is 2.17. The zero-order valence-corrected chi connectivity index (χ0v) is 12.8. The third kappa shape index (κ3) is 2.08. The van der Waals surface area contributed by atoms with E-state index in [-0.39, 0.29) is 5.41 Å². The summed E-state index contributed by atoms with van der Waals surface area (Å²) >= 11 is 6.43. The van der Waals surface area contributed by atoms with E-state index < -0.39 is 0 Å². The second-order valence-corrected chi connectivity index (χ2v) is 6.19. The SMILES string of the molecule is CCc1c(C2(CN)CCCC2)cc(Cl)c2c1OCCO2. The summed E-state index contributed by atoms with van der Waals surface area (Å²) < 4.78 is 11.6. The lowest BCUT2D eigenvalue weighted by atomic mass is 9.76. The highest BCUT2D eigenvalue weighted by atomic mass is 35.5. The van der Waals surface area contributed by atoms with Crippen LogP contribution in [0.1, 0.15) is 43.7 Å². The lowest BCUT2D eigenvalue weighted by Crippen LogP contribution is -2.33. The van der Waals surface area contributed by atoms with Crippen molar-refractivity contribution in [3.63, 3.8) is 0 Å². The quantitative estimate of drug-likeness (QED) is 0.929. The standard InChI is InChI=1S/C16H22ClNO2/c1-2-11-12(16(10-18)5-3-4-6-16)9-13(17)15-14(11)19-7-8-20-15/h9H,2-8,10,18H2,1H3. The molecule has 2 aliphatic rings. The van der Waals surface area contributed by atoms with E-state index in [1.165, 1.54) is 24.0 Å². The number of benzene rings is 1. The van der Waals surface area contributed by atoms with Crippen LogP contribution in [0.25, 0.3) is 0 Å². The van der Waals surface area contributed by atoms with Crippen LogP contribution in [0.5, 0.6) is 11.5 Å². The lowest BCUT2D eigenvalue weighted by molar-refractivity contribution is 0.169. The van der Waals surface area contributed by atoms with Crippen molar-refractivity contribution in [2.45, 2.75) is 44.4 Å². The Morgan fingerprint density at radius 1 is 1.20 bits per heavy atom. The fraction of sp³-hybridized carbons (Fsp3) is 0.625. The molecule has 0 spiro atoms. The molecule has 1 aliphatic carbocycles. The third-order valence-electron chi connectivity index (χ3n) is 4.75. The summed E-state index contributed by atoms with van der Waals surface area (Å²) in [6.45, 7) is 3.99. The van der Waals surface area contributed by atoms with Gasteiger partial charge in [0.05, 0.1) is 5.02 Å². The molecule has 1 aliphatic heterocycles. The maximum atomic E-state index is 6.43. The summed E-state index contributed by atoms with van der Waals surface area (Å²) in [5.41, 5.74) is 8.73.